The van der Waals surface area contributed by atoms with Gasteiger partial charge in [-0.1, -0.05) is 181 Å². The molecule has 0 aliphatic carbocycles. The lowest BCUT2D eigenvalue weighted by atomic mass is 10.1. The Labute approximate surface area is 481 Å². The molecule has 10 rings (SSSR count). The molecule has 4 heterocycles. The maximum absolute atomic E-state index is 14.4. The Morgan fingerprint density at radius 3 is 1.61 bits per heavy atom. The van der Waals surface area contributed by atoms with Gasteiger partial charge in [-0.05, 0) is 79.6 Å². The second kappa shape index (κ2) is 25.1. The zero-order valence-electron chi connectivity index (χ0n) is 47.7. The van der Waals surface area contributed by atoms with E-state index in [1.807, 2.05) is 30.3 Å². The van der Waals surface area contributed by atoms with Crippen LogP contribution in [-0.2, 0) is 14.6 Å². The summed E-state index contributed by atoms with van der Waals surface area (Å²) in [5, 5.41) is 15.2. The SMILES string of the molecule is CC(C)(C)[Si](OC[C@@H]1CCN2CCCN(CNC(=O)c3cc(CSc4ccccc4)cc(C(=O)NCN4CCC[N+]5=C4N[C@H](CO[Si](c4ccccc4)(c4ccccc4)C(C)(C)C)CC5)c3)C2=N1)(c1ccccc1)c1ccccc1. The van der Waals surface area contributed by atoms with Crippen LogP contribution in [0.2, 0.25) is 10.1 Å². The number of thioether (sulfide) groups is 1. The van der Waals surface area contributed by atoms with E-state index in [2.05, 4.69) is 210 Å². The second-order valence-electron chi connectivity index (χ2n) is 23.8. The van der Waals surface area contributed by atoms with Crippen molar-refractivity contribution < 1.29 is 23.0 Å². The van der Waals surface area contributed by atoms with Crippen molar-refractivity contribution in [1.29, 1.82) is 0 Å². The molecule has 2 atom stereocenters. The normalized spacial score (nSPS) is 17.9. The lowest BCUT2D eigenvalue weighted by Gasteiger charge is -2.45. The van der Waals surface area contributed by atoms with Crippen LogP contribution < -0.4 is 36.7 Å². The molecule has 0 spiro atoms. The fourth-order valence-electron chi connectivity index (χ4n) is 12.4. The Kier molecular flexibility index (Phi) is 17.8. The lowest BCUT2D eigenvalue weighted by Crippen LogP contribution is -2.68. The third kappa shape index (κ3) is 12.5. The van der Waals surface area contributed by atoms with Crippen LogP contribution in [0.3, 0.4) is 0 Å². The van der Waals surface area contributed by atoms with Crippen LogP contribution in [0.1, 0.15) is 93.5 Å². The summed E-state index contributed by atoms with van der Waals surface area (Å²) >= 11 is 1.69. The molecule has 0 saturated carbocycles. The number of benzene rings is 6. The van der Waals surface area contributed by atoms with Gasteiger partial charge in [-0.2, -0.15) is 0 Å². The van der Waals surface area contributed by atoms with Crippen molar-refractivity contribution in [2.75, 3.05) is 65.8 Å². The number of hydrogen-bond acceptors (Lipinski definition) is 10. The van der Waals surface area contributed by atoms with E-state index >= 15 is 0 Å². The van der Waals surface area contributed by atoms with Gasteiger partial charge in [-0.3, -0.25) is 19.5 Å². The van der Waals surface area contributed by atoms with E-state index < -0.39 is 16.6 Å². The summed E-state index contributed by atoms with van der Waals surface area (Å²) in [5.41, 5.74) is 1.81. The van der Waals surface area contributed by atoms with E-state index in [1.54, 1.807) is 17.8 Å². The van der Waals surface area contributed by atoms with Crippen molar-refractivity contribution in [3.05, 3.63) is 187 Å². The van der Waals surface area contributed by atoms with E-state index in [4.69, 9.17) is 13.8 Å². The molecular weight excluding hydrogens is 1050 g/mol. The molecule has 0 bridgehead atoms. The van der Waals surface area contributed by atoms with Gasteiger partial charge in [-0.25, -0.2) is 9.89 Å². The maximum atomic E-state index is 14.4. The third-order valence-corrected chi connectivity index (χ3v) is 27.4. The fraction of sp³-hybridized carbons (Fsp3) is 0.385. The first-order valence-electron chi connectivity index (χ1n) is 28.8. The molecule has 15 heteroatoms. The Balaban J connectivity index is 0.825. The number of amides is 2. The van der Waals surface area contributed by atoms with Gasteiger partial charge in [0.25, 0.3) is 28.4 Å². The number of carbonyl (C=O) groups is 2. The van der Waals surface area contributed by atoms with Gasteiger partial charge in [0.05, 0.1) is 51.6 Å². The molecule has 0 unspecified atom stereocenters. The van der Waals surface area contributed by atoms with E-state index in [0.29, 0.717) is 43.4 Å². The largest absolute Gasteiger partial charge is 0.405 e. The van der Waals surface area contributed by atoms with Crippen LogP contribution in [-0.4, -0.2) is 138 Å². The van der Waals surface area contributed by atoms with Crippen molar-refractivity contribution in [1.82, 2.24) is 30.7 Å². The summed E-state index contributed by atoms with van der Waals surface area (Å²) in [7, 11) is -5.49. The smallest absolute Gasteiger partial charge is 0.349 e. The van der Waals surface area contributed by atoms with Crippen molar-refractivity contribution in [2.24, 2.45) is 4.99 Å². The highest BCUT2D eigenvalue weighted by molar-refractivity contribution is 7.98. The van der Waals surface area contributed by atoms with E-state index in [-0.39, 0.29) is 34.0 Å². The highest BCUT2D eigenvalue weighted by Gasteiger charge is 2.52. The van der Waals surface area contributed by atoms with Crippen molar-refractivity contribution in [3.8, 4) is 0 Å². The first-order chi connectivity index (χ1) is 38.7. The molecule has 4 aliphatic heterocycles. The molecule has 4 aliphatic rings. The number of fused-ring (bicyclic) bond motifs is 1. The number of rotatable bonds is 19. The molecule has 0 aromatic heterocycles. The number of guanidine groups is 2. The molecule has 12 nitrogen and oxygen atoms in total. The number of nitrogens with zero attached hydrogens (tertiary/aromatic N) is 5. The number of carbonyl (C=O) groups excluding carboxylic acids is 2. The lowest BCUT2D eigenvalue weighted by molar-refractivity contribution is -0.546. The van der Waals surface area contributed by atoms with Gasteiger partial charge >= 0.3 is 5.96 Å². The quantitative estimate of drug-likeness (QED) is 0.0421. The molecule has 6 aromatic carbocycles. The topological polar surface area (TPSA) is 114 Å². The number of aliphatic imine (C=N–C) groups is 1. The predicted octanol–water partition coefficient (Wildman–Crippen LogP) is 8.08. The molecular formula is C65H81N8O4SSi2+. The van der Waals surface area contributed by atoms with Crippen molar-refractivity contribution in [3.63, 3.8) is 0 Å². The number of hydrogen-bond donors (Lipinski definition) is 3. The summed E-state index contributed by atoms with van der Waals surface area (Å²) in [6.45, 7) is 20.8. The predicted molar refractivity (Wildman–Crippen MR) is 331 cm³/mol. The molecule has 6 aromatic rings. The molecule has 3 N–H and O–H groups in total. The Hall–Kier alpha value is -6.50. The van der Waals surface area contributed by atoms with Crippen LogP contribution >= 0.6 is 11.8 Å². The van der Waals surface area contributed by atoms with E-state index in [1.165, 1.54) is 20.7 Å². The first-order valence-corrected chi connectivity index (χ1v) is 33.6. The molecule has 418 valence electrons. The summed E-state index contributed by atoms with van der Waals surface area (Å²) in [6, 6.07) is 59.1. The fourth-order valence-corrected chi connectivity index (χ4v) is 22.4. The summed E-state index contributed by atoms with van der Waals surface area (Å²) in [6.07, 6.45) is 3.79. The van der Waals surface area contributed by atoms with Crippen molar-refractivity contribution in [2.45, 2.75) is 100 Å². The molecule has 0 radical (unpaired) electrons. The first kappa shape index (κ1) is 56.8. The highest BCUT2D eigenvalue weighted by Crippen LogP contribution is 2.39. The highest BCUT2D eigenvalue weighted by atomic mass is 32.2. The van der Waals surface area contributed by atoms with Crippen LogP contribution in [0.4, 0.5) is 0 Å². The van der Waals surface area contributed by atoms with Gasteiger partial charge in [0.2, 0.25) is 0 Å². The molecule has 1 saturated heterocycles. The van der Waals surface area contributed by atoms with Crippen LogP contribution in [0.25, 0.3) is 0 Å². The Morgan fingerprint density at radius 2 is 1.09 bits per heavy atom. The third-order valence-electron chi connectivity index (χ3n) is 16.3. The van der Waals surface area contributed by atoms with Gasteiger partial charge < -0.3 is 29.3 Å². The van der Waals surface area contributed by atoms with E-state index in [9.17, 15) is 9.59 Å². The maximum Gasteiger partial charge on any atom is 0.349 e. The van der Waals surface area contributed by atoms with Crippen LogP contribution in [0, 0.1) is 0 Å². The van der Waals surface area contributed by atoms with Crippen LogP contribution in [0.15, 0.2) is 180 Å². The minimum absolute atomic E-state index is 0.0325. The minimum Gasteiger partial charge on any atom is -0.405 e. The monoisotopic (exact) mass is 1130 g/mol. The average molecular weight is 1130 g/mol. The van der Waals surface area contributed by atoms with Crippen molar-refractivity contribution >= 4 is 72.9 Å². The Morgan fingerprint density at radius 1 is 0.600 bits per heavy atom. The van der Waals surface area contributed by atoms with Gasteiger partial charge in [0, 0.05) is 54.3 Å². The second-order valence-corrected chi connectivity index (χ2v) is 33.5. The number of nitrogens with one attached hydrogen (secondary N) is 3. The summed E-state index contributed by atoms with van der Waals surface area (Å²) in [4.78, 5) is 42.2. The molecule has 1 fully saturated rings. The summed E-state index contributed by atoms with van der Waals surface area (Å²) < 4.78 is 17.2. The van der Waals surface area contributed by atoms with E-state index in [0.717, 1.165) is 87.3 Å². The van der Waals surface area contributed by atoms with Gasteiger partial charge in [-0.15, -0.1) is 11.8 Å². The summed E-state index contributed by atoms with van der Waals surface area (Å²) in [5.74, 6) is 2.09. The standard InChI is InChI=1S/C65H80N8O4SSi2/c1-64(2,3)79(56-26-14-8-15-27-56,57-28-16-9-17-29-57)76-45-53-34-40-70-36-22-38-72(62(70)68-53)48-66-60(74)51-42-50(47-78-55-24-12-7-13-25-55)43-52(44-51)61(75)67-49-73-39-23-37-71-41-35-54(69-63(71)73)46-77-80(65(4,5)6,58-30-18-10-19-31-58)59-32-20-11-21-33-59/h7-21,24-33,42-44,53-54H,22-23,34-41,45-49H2,1-6H3,(H2,66,67,74,75)/p+1/t53-,54-/m0/s1. The Bertz CT molecular complexity index is 3030. The minimum atomic E-state index is -2.75. The molecule has 80 heavy (non-hydrogen) atoms. The zero-order chi connectivity index (χ0) is 55.7. The van der Waals surface area contributed by atoms with Crippen LogP contribution in [0.5, 0.6) is 0 Å². The average Bonchev–Trinajstić information content (AvgIpc) is 3.60. The molecule has 2 amide bonds. The van der Waals surface area contributed by atoms with Gasteiger partial charge in [0.1, 0.15) is 6.67 Å². The zero-order valence-corrected chi connectivity index (χ0v) is 50.5. The van der Waals surface area contributed by atoms with Gasteiger partial charge in [0.15, 0.2) is 5.96 Å².